The van der Waals surface area contributed by atoms with Crippen LogP contribution < -0.4 is 5.32 Å². The lowest BCUT2D eigenvalue weighted by molar-refractivity contribution is 0.867. The first-order chi connectivity index (χ1) is 13.1. The van der Waals surface area contributed by atoms with Crippen LogP contribution in [0.25, 0.3) is 21.3 Å². The minimum absolute atomic E-state index is 0.535. The number of nitrogens with one attached hydrogen (secondary N) is 1. The Bertz CT molecular complexity index is 1050. The lowest BCUT2D eigenvalue weighted by Gasteiger charge is -2.10. The summed E-state index contributed by atoms with van der Waals surface area (Å²) in [4.78, 5) is 10.0. The smallest absolute Gasteiger partial charge is 0.139 e. The molecule has 0 aliphatic carbocycles. The average molecular weight is 374 g/mol. The molecule has 0 amide bonds. The largest absolute Gasteiger partial charge is 0.365 e. The van der Waals surface area contributed by atoms with Crippen LogP contribution in [0.1, 0.15) is 36.5 Å². The third-order valence-corrected chi connectivity index (χ3v) is 5.73. The molecule has 4 rings (SSSR count). The van der Waals surface area contributed by atoms with Gasteiger partial charge in [-0.3, -0.25) is 0 Å². The molecule has 0 spiro atoms. The lowest BCUT2D eigenvalue weighted by atomic mass is 9.99. The molecule has 0 aliphatic heterocycles. The Balaban J connectivity index is 1.67. The molecule has 3 nitrogen and oxygen atoms in total. The van der Waals surface area contributed by atoms with E-state index in [9.17, 15) is 0 Å². The Kier molecular flexibility index (Phi) is 4.90. The second-order valence-corrected chi connectivity index (χ2v) is 8.03. The molecule has 1 N–H and O–H groups in total. The van der Waals surface area contributed by atoms with Crippen molar-refractivity contribution in [1.29, 1.82) is 0 Å². The number of rotatable bonds is 5. The Hall–Kier alpha value is -2.72. The topological polar surface area (TPSA) is 37.8 Å². The molecule has 0 fully saturated rings. The van der Waals surface area contributed by atoms with E-state index in [1.165, 1.54) is 27.8 Å². The van der Waals surface area contributed by atoms with Crippen LogP contribution in [0.4, 0.5) is 5.82 Å². The maximum atomic E-state index is 4.53. The molecule has 4 heteroatoms. The highest BCUT2D eigenvalue weighted by Crippen LogP contribution is 2.37. The standard InChI is InChI=1S/C23H23N3S/c1-15(2)18-8-10-19(11-9-18)20-13-27-23-21(20)22(25-14-26-23)24-12-17-6-4-16(3)5-7-17/h4-11,13-15H,12H2,1-3H3,(H,24,25,26). The van der Waals surface area contributed by atoms with Gasteiger partial charge in [-0.2, -0.15) is 0 Å². The zero-order valence-electron chi connectivity index (χ0n) is 15.9. The average Bonchev–Trinajstić information content (AvgIpc) is 3.12. The Morgan fingerprint density at radius 2 is 1.70 bits per heavy atom. The van der Waals surface area contributed by atoms with Crippen molar-refractivity contribution in [3.05, 3.63) is 76.9 Å². The summed E-state index contributed by atoms with van der Waals surface area (Å²) in [6.45, 7) is 7.28. The zero-order valence-corrected chi connectivity index (χ0v) is 16.7. The van der Waals surface area contributed by atoms with E-state index in [4.69, 9.17) is 0 Å². The van der Waals surface area contributed by atoms with Crippen LogP contribution in [0.5, 0.6) is 0 Å². The molecule has 2 aromatic heterocycles. The van der Waals surface area contributed by atoms with E-state index < -0.39 is 0 Å². The molecule has 0 aliphatic rings. The van der Waals surface area contributed by atoms with Crippen LogP contribution in [0.15, 0.2) is 60.2 Å². The maximum Gasteiger partial charge on any atom is 0.139 e. The summed E-state index contributed by atoms with van der Waals surface area (Å²) in [5.41, 5.74) is 6.27. The van der Waals surface area contributed by atoms with Crippen molar-refractivity contribution in [2.75, 3.05) is 5.32 Å². The van der Waals surface area contributed by atoms with Gasteiger partial charge in [0.1, 0.15) is 17.0 Å². The molecule has 0 radical (unpaired) electrons. The number of thiophene rings is 1. The summed E-state index contributed by atoms with van der Waals surface area (Å²) >= 11 is 1.67. The summed E-state index contributed by atoms with van der Waals surface area (Å²) in [5, 5.41) is 6.79. The predicted octanol–water partition coefficient (Wildman–Crippen LogP) is 6.40. The molecule has 0 unspecified atom stereocenters. The summed E-state index contributed by atoms with van der Waals surface area (Å²) < 4.78 is 0. The van der Waals surface area contributed by atoms with E-state index in [2.05, 4.69) is 90.0 Å². The van der Waals surface area contributed by atoms with E-state index in [0.29, 0.717) is 5.92 Å². The van der Waals surface area contributed by atoms with Crippen LogP contribution in [-0.2, 0) is 6.54 Å². The van der Waals surface area contributed by atoms with E-state index in [0.717, 1.165) is 22.6 Å². The Labute approximate surface area is 164 Å². The third kappa shape index (κ3) is 3.71. The normalized spacial score (nSPS) is 11.3. The van der Waals surface area contributed by atoms with Crippen molar-refractivity contribution in [3.8, 4) is 11.1 Å². The quantitative estimate of drug-likeness (QED) is 0.440. The first-order valence-corrected chi connectivity index (χ1v) is 10.1. The van der Waals surface area contributed by atoms with Crippen LogP contribution in [-0.4, -0.2) is 9.97 Å². The van der Waals surface area contributed by atoms with E-state index in [1.807, 2.05) is 0 Å². The van der Waals surface area contributed by atoms with Crippen molar-refractivity contribution >= 4 is 27.4 Å². The fourth-order valence-corrected chi connectivity index (χ4v) is 4.08. The summed E-state index contributed by atoms with van der Waals surface area (Å²) in [7, 11) is 0. The van der Waals surface area contributed by atoms with Crippen LogP contribution >= 0.6 is 11.3 Å². The van der Waals surface area contributed by atoms with Gasteiger partial charge >= 0.3 is 0 Å². The molecule has 2 heterocycles. The summed E-state index contributed by atoms with van der Waals surface area (Å²) in [6, 6.07) is 17.4. The number of benzene rings is 2. The SMILES string of the molecule is Cc1ccc(CNc2ncnc3scc(-c4ccc(C(C)C)cc4)c23)cc1. The lowest BCUT2D eigenvalue weighted by Crippen LogP contribution is -2.02. The molecule has 0 bridgehead atoms. The van der Waals surface area contributed by atoms with Crippen molar-refractivity contribution in [2.24, 2.45) is 0 Å². The number of aromatic nitrogens is 2. The molecule has 0 saturated carbocycles. The number of hydrogen-bond acceptors (Lipinski definition) is 4. The molecule has 4 aromatic rings. The third-order valence-electron chi connectivity index (χ3n) is 4.84. The van der Waals surface area contributed by atoms with Crippen LogP contribution in [0.2, 0.25) is 0 Å². The number of fused-ring (bicyclic) bond motifs is 1. The van der Waals surface area contributed by atoms with Crippen molar-refractivity contribution < 1.29 is 0 Å². The molecule has 0 saturated heterocycles. The fourth-order valence-electron chi connectivity index (χ4n) is 3.16. The van der Waals surface area contributed by atoms with Crippen molar-refractivity contribution in [1.82, 2.24) is 9.97 Å². The van der Waals surface area contributed by atoms with Gasteiger partial charge in [-0.25, -0.2) is 9.97 Å². The van der Waals surface area contributed by atoms with Crippen LogP contribution in [0, 0.1) is 6.92 Å². The van der Waals surface area contributed by atoms with Crippen molar-refractivity contribution in [3.63, 3.8) is 0 Å². The first-order valence-electron chi connectivity index (χ1n) is 9.24. The van der Waals surface area contributed by atoms with Gasteiger partial charge < -0.3 is 5.32 Å². The molecular weight excluding hydrogens is 350 g/mol. The number of hydrogen-bond donors (Lipinski definition) is 1. The minimum Gasteiger partial charge on any atom is -0.365 e. The second-order valence-electron chi connectivity index (χ2n) is 7.17. The monoisotopic (exact) mass is 373 g/mol. The van der Waals surface area contributed by atoms with Gasteiger partial charge in [-0.1, -0.05) is 67.9 Å². The second kappa shape index (κ2) is 7.49. The summed E-state index contributed by atoms with van der Waals surface area (Å²) in [5.74, 6) is 1.43. The van der Waals surface area contributed by atoms with Gasteiger partial charge in [0.05, 0.1) is 5.39 Å². The number of anilines is 1. The van der Waals surface area contributed by atoms with Crippen molar-refractivity contribution in [2.45, 2.75) is 33.2 Å². The van der Waals surface area contributed by atoms with Gasteiger partial charge in [-0.05, 0) is 29.5 Å². The zero-order chi connectivity index (χ0) is 18.8. The molecular formula is C23H23N3S. The van der Waals surface area contributed by atoms with E-state index in [1.54, 1.807) is 17.7 Å². The highest BCUT2D eigenvalue weighted by molar-refractivity contribution is 7.17. The fraction of sp³-hybridized carbons (Fsp3) is 0.217. The van der Waals surface area contributed by atoms with Gasteiger partial charge in [0.2, 0.25) is 0 Å². The molecule has 0 atom stereocenters. The Morgan fingerprint density at radius 3 is 2.41 bits per heavy atom. The molecule has 2 aromatic carbocycles. The molecule has 27 heavy (non-hydrogen) atoms. The first kappa shape index (κ1) is 17.7. The highest BCUT2D eigenvalue weighted by Gasteiger charge is 2.13. The minimum atomic E-state index is 0.535. The predicted molar refractivity (Wildman–Crippen MR) is 115 cm³/mol. The van der Waals surface area contributed by atoms with Gasteiger partial charge in [-0.15, -0.1) is 11.3 Å². The number of nitrogens with zero attached hydrogens (tertiary/aromatic N) is 2. The molecule has 136 valence electrons. The Morgan fingerprint density at radius 1 is 0.963 bits per heavy atom. The summed E-state index contributed by atoms with van der Waals surface area (Å²) in [6.07, 6.45) is 1.64. The van der Waals surface area contributed by atoms with E-state index >= 15 is 0 Å². The van der Waals surface area contributed by atoms with Gasteiger partial charge in [0, 0.05) is 17.5 Å². The van der Waals surface area contributed by atoms with E-state index in [-0.39, 0.29) is 0 Å². The number of aryl methyl sites for hydroxylation is 1. The highest BCUT2D eigenvalue weighted by atomic mass is 32.1. The van der Waals surface area contributed by atoms with Crippen LogP contribution in [0.3, 0.4) is 0 Å². The van der Waals surface area contributed by atoms with Gasteiger partial charge in [0.25, 0.3) is 0 Å². The maximum absolute atomic E-state index is 4.53. The van der Waals surface area contributed by atoms with Gasteiger partial charge in [0.15, 0.2) is 0 Å².